The Kier molecular flexibility index (Phi) is 40.4. The molecule has 292 valence electrons. The highest BCUT2D eigenvalue weighted by molar-refractivity contribution is 5.69. The minimum atomic E-state index is -0.0198. The van der Waals surface area contributed by atoms with Crippen LogP contribution >= 0.6 is 0 Å². The van der Waals surface area contributed by atoms with Crippen LogP contribution in [0.25, 0.3) is 0 Å². The van der Waals surface area contributed by atoms with Crippen LogP contribution in [-0.4, -0.2) is 37.7 Å². The number of hydrogen-bond donors (Lipinski definition) is 1. The van der Waals surface area contributed by atoms with Gasteiger partial charge in [-0.2, -0.15) is 0 Å². The van der Waals surface area contributed by atoms with Crippen LogP contribution in [0.15, 0.2) is 0 Å². The van der Waals surface area contributed by atoms with Crippen LogP contribution in [0, 0.1) is 0 Å². The Morgan fingerprint density at radius 2 is 0.755 bits per heavy atom. The van der Waals surface area contributed by atoms with Gasteiger partial charge in [0, 0.05) is 12.8 Å². The summed E-state index contributed by atoms with van der Waals surface area (Å²) in [6.07, 6.45) is 42.1. The standard InChI is InChI=1S/C44H87NO4/c1-4-7-10-13-16-17-18-20-26-34-41-48-43(46)37-31-27-33-40-45-39-32-25-21-24-30-38-44(47)49-42(35-28-22-15-12-9-6-3)36-29-23-19-14-11-8-5-2/h42,45H,4-41H2,1-3H3. The molecule has 1 N–H and O–H groups in total. The summed E-state index contributed by atoms with van der Waals surface area (Å²) in [6, 6.07) is 0. The molecule has 0 radical (unpaired) electrons. The van der Waals surface area contributed by atoms with Crippen LogP contribution in [0.3, 0.4) is 0 Å². The van der Waals surface area contributed by atoms with E-state index >= 15 is 0 Å². The first-order valence-corrected chi connectivity index (χ1v) is 22.2. The summed E-state index contributed by atoms with van der Waals surface area (Å²) in [7, 11) is 0. The maximum absolute atomic E-state index is 12.6. The van der Waals surface area contributed by atoms with Crippen LogP contribution in [0.5, 0.6) is 0 Å². The van der Waals surface area contributed by atoms with Gasteiger partial charge in [-0.05, 0) is 70.9 Å². The molecule has 0 fully saturated rings. The van der Waals surface area contributed by atoms with E-state index in [9.17, 15) is 9.59 Å². The van der Waals surface area contributed by atoms with Gasteiger partial charge in [-0.25, -0.2) is 0 Å². The minimum Gasteiger partial charge on any atom is -0.466 e. The minimum absolute atomic E-state index is 0.0198. The van der Waals surface area contributed by atoms with Gasteiger partial charge in [0.2, 0.25) is 0 Å². The lowest BCUT2D eigenvalue weighted by Gasteiger charge is -2.18. The zero-order valence-electron chi connectivity index (χ0n) is 33.6. The predicted molar refractivity (Wildman–Crippen MR) is 212 cm³/mol. The molecule has 49 heavy (non-hydrogen) atoms. The number of carbonyl (C=O) groups is 2. The van der Waals surface area contributed by atoms with Gasteiger partial charge < -0.3 is 14.8 Å². The van der Waals surface area contributed by atoms with Gasteiger partial charge in [-0.1, -0.05) is 175 Å². The summed E-state index contributed by atoms with van der Waals surface area (Å²) in [5.41, 5.74) is 0. The molecule has 0 bridgehead atoms. The third kappa shape index (κ3) is 39.5. The molecule has 0 aliphatic carbocycles. The number of carbonyl (C=O) groups excluding carboxylic acids is 2. The number of unbranched alkanes of at least 4 members (excludes halogenated alkanes) is 26. The average Bonchev–Trinajstić information content (AvgIpc) is 3.10. The average molecular weight is 694 g/mol. The highest BCUT2D eigenvalue weighted by Gasteiger charge is 2.14. The lowest BCUT2D eigenvalue weighted by Crippen LogP contribution is -2.18. The fourth-order valence-corrected chi connectivity index (χ4v) is 6.71. The molecule has 0 aromatic rings. The van der Waals surface area contributed by atoms with Gasteiger partial charge in [-0.3, -0.25) is 9.59 Å². The monoisotopic (exact) mass is 694 g/mol. The molecule has 5 heteroatoms. The van der Waals surface area contributed by atoms with Crippen molar-refractivity contribution in [3.63, 3.8) is 0 Å². The van der Waals surface area contributed by atoms with E-state index in [1.54, 1.807) is 0 Å². The van der Waals surface area contributed by atoms with E-state index in [4.69, 9.17) is 9.47 Å². The second-order valence-electron chi connectivity index (χ2n) is 15.1. The Morgan fingerprint density at radius 1 is 0.408 bits per heavy atom. The highest BCUT2D eigenvalue weighted by Crippen LogP contribution is 2.18. The normalized spacial score (nSPS) is 12.0. The van der Waals surface area contributed by atoms with Crippen molar-refractivity contribution in [1.82, 2.24) is 5.32 Å². The number of esters is 2. The summed E-state index contributed by atoms with van der Waals surface area (Å²) in [5.74, 6) is 0.0107. The van der Waals surface area contributed by atoms with Crippen molar-refractivity contribution in [3.8, 4) is 0 Å². The topological polar surface area (TPSA) is 64.6 Å². The lowest BCUT2D eigenvalue weighted by atomic mass is 10.0. The van der Waals surface area contributed by atoms with E-state index in [1.807, 2.05) is 0 Å². The molecule has 5 nitrogen and oxygen atoms in total. The number of hydrogen-bond acceptors (Lipinski definition) is 5. The van der Waals surface area contributed by atoms with E-state index in [1.165, 1.54) is 161 Å². The van der Waals surface area contributed by atoms with E-state index < -0.39 is 0 Å². The summed E-state index contributed by atoms with van der Waals surface area (Å²) < 4.78 is 11.4. The zero-order valence-corrected chi connectivity index (χ0v) is 33.6. The van der Waals surface area contributed by atoms with Crippen molar-refractivity contribution >= 4 is 11.9 Å². The molecule has 1 unspecified atom stereocenters. The van der Waals surface area contributed by atoms with Crippen LogP contribution in [0.4, 0.5) is 0 Å². The van der Waals surface area contributed by atoms with Gasteiger partial charge >= 0.3 is 11.9 Å². The van der Waals surface area contributed by atoms with Crippen molar-refractivity contribution in [3.05, 3.63) is 0 Å². The molecular formula is C44H87NO4. The lowest BCUT2D eigenvalue weighted by molar-refractivity contribution is -0.150. The molecule has 0 spiro atoms. The SMILES string of the molecule is CCCCCCCCCCCCOC(=O)CCCCCNCCCCCCCC(=O)OC(CCCCCCCC)CCCCCCCCC. The highest BCUT2D eigenvalue weighted by atomic mass is 16.5. The first-order chi connectivity index (χ1) is 24.1. The molecule has 0 rings (SSSR count). The van der Waals surface area contributed by atoms with Crippen molar-refractivity contribution in [2.45, 2.75) is 252 Å². The Balaban J connectivity index is 3.66. The van der Waals surface area contributed by atoms with Gasteiger partial charge in [0.25, 0.3) is 0 Å². The van der Waals surface area contributed by atoms with Crippen LogP contribution in [0.2, 0.25) is 0 Å². The second-order valence-corrected chi connectivity index (χ2v) is 15.1. The molecule has 0 saturated heterocycles. The smallest absolute Gasteiger partial charge is 0.306 e. The molecular weight excluding hydrogens is 606 g/mol. The maximum Gasteiger partial charge on any atom is 0.306 e. The number of nitrogens with one attached hydrogen (secondary N) is 1. The molecule has 0 aliphatic rings. The summed E-state index contributed by atoms with van der Waals surface area (Å²) in [6.45, 7) is 9.48. The van der Waals surface area contributed by atoms with E-state index in [0.29, 0.717) is 19.4 Å². The first-order valence-electron chi connectivity index (χ1n) is 22.2. The number of ether oxygens (including phenoxy) is 2. The molecule has 0 saturated carbocycles. The summed E-state index contributed by atoms with van der Waals surface area (Å²) in [5, 5.41) is 3.55. The Bertz CT molecular complexity index is 669. The zero-order chi connectivity index (χ0) is 35.7. The van der Waals surface area contributed by atoms with Crippen LogP contribution < -0.4 is 5.32 Å². The fraction of sp³-hybridized carbons (Fsp3) is 0.955. The Labute approximate surface area is 307 Å². The molecule has 0 aromatic heterocycles. The quantitative estimate of drug-likeness (QED) is 0.0510. The predicted octanol–water partition coefficient (Wildman–Crippen LogP) is 13.7. The first kappa shape index (κ1) is 47.9. The van der Waals surface area contributed by atoms with E-state index in [2.05, 4.69) is 26.1 Å². The molecule has 0 aliphatic heterocycles. The van der Waals surface area contributed by atoms with Gasteiger partial charge in [0.15, 0.2) is 0 Å². The van der Waals surface area contributed by atoms with E-state index in [-0.39, 0.29) is 18.0 Å². The van der Waals surface area contributed by atoms with Gasteiger partial charge in [0.05, 0.1) is 6.61 Å². The van der Waals surface area contributed by atoms with Crippen LogP contribution in [-0.2, 0) is 19.1 Å². The third-order valence-electron chi connectivity index (χ3n) is 10.0. The molecule has 1 atom stereocenters. The largest absolute Gasteiger partial charge is 0.466 e. The fourth-order valence-electron chi connectivity index (χ4n) is 6.71. The van der Waals surface area contributed by atoms with Crippen molar-refractivity contribution in [2.75, 3.05) is 19.7 Å². The maximum atomic E-state index is 12.6. The van der Waals surface area contributed by atoms with Gasteiger partial charge in [-0.15, -0.1) is 0 Å². The van der Waals surface area contributed by atoms with Crippen molar-refractivity contribution < 1.29 is 19.1 Å². The molecule has 0 aromatic carbocycles. The molecule has 0 amide bonds. The summed E-state index contributed by atoms with van der Waals surface area (Å²) in [4.78, 5) is 24.6. The molecule has 0 heterocycles. The Morgan fingerprint density at radius 3 is 1.22 bits per heavy atom. The van der Waals surface area contributed by atoms with Crippen molar-refractivity contribution in [2.24, 2.45) is 0 Å². The van der Waals surface area contributed by atoms with Crippen molar-refractivity contribution in [1.29, 1.82) is 0 Å². The summed E-state index contributed by atoms with van der Waals surface area (Å²) >= 11 is 0. The van der Waals surface area contributed by atoms with Crippen LogP contribution in [0.1, 0.15) is 245 Å². The van der Waals surface area contributed by atoms with E-state index in [0.717, 1.165) is 64.5 Å². The third-order valence-corrected chi connectivity index (χ3v) is 10.0. The number of rotatable bonds is 41. The van der Waals surface area contributed by atoms with Gasteiger partial charge in [0.1, 0.15) is 6.10 Å². The second kappa shape index (κ2) is 41.3. The Hall–Kier alpha value is -1.10.